The van der Waals surface area contributed by atoms with Gasteiger partial charge in [-0.3, -0.25) is 0 Å². The van der Waals surface area contributed by atoms with Crippen molar-refractivity contribution in [3.05, 3.63) is 28.8 Å². The first-order valence-electron chi connectivity index (χ1n) is 3.54. The molecule has 12 heavy (non-hydrogen) atoms. The molecule has 3 heteroatoms. The lowest BCUT2D eigenvalue weighted by molar-refractivity contribution is -0.107. The Balaban J connectivity index is 3.01. The van der Waals surface area contributed by atoms with E-state index in [9.17, 15) is 4.79 Å². The number of carbonyl (C=O) groups is 1. The molecule has 1 aromatic carbocycles. The molecule has 1 rings (SSSR count). The first-order valence-corrected chi connectivity index (χ1v) is 3.91. The van der Waals surface area contributed by atoms with Gasteiger partial charge in [-0.25, -0.2) is 0 Å². The molecule has 0 atom stereocenters. The first kappa shape index (κ1) is 9.07. The van der Waals surface area contributed by atoms with E-state index in [4.69, 9.17) is 16.3 Å². The minimum atomic E-state index is 0.361. The van der Waals surface area contributed by atoms with Crippen LogP contribution in [0.2, 0.25) is 5.02 Å². The van der Waals surface area contributed by atoms with Crippen LogP contribution >= 0.6 is 11.6 Å². The van der Waals surface area contributed by atoms with Crippen molar-refractivity contribution in [2.75, 3.05) is 7.11 Å². The Morgan fingerprint density at radius 2 is 2.33 bits per heavy atom. The number of benzene rings is 1. The van der Waals surface area contributed by atoms with Crippen molar-refractivity contribution in [1.29, 1.82) is 0 Å². The summed E-state index contributed by atoms with van der Waals surface area (Å²) in [6.45, 7) is 0. The van der Waals surface area contributed by atoms with Crippen LogP contribution in [0.1, 0.15) is 5.56 Å². The first-order chi connectivity index (χ1) is 5.77. The maximum absolute atomic E-state index is 10.2. The average molecular weight is 185 g/mol. The van der Waals surface area contributed by atoms with Crippen LogP contribution in [0.5, 0.6) is 5.75 Å². The van der Waals surface area contributed by atoms with Gasteiger partial charge in [0, 0.05) is 17.0 Å². The molecule has 0 bridgehead atoms. The Kier molecular flexibility index (Phi) is 3.11. The lowest BCUT2D eigenvalue weighted by atomic mass is 10.1. The molecule has 0 amide bonds. The molecule has 0 fully saturated rings. The molecule has 2 nitrogen and oxygen atoms in total. The highest BCUT2D eigenvalue weighted by atomic mass is 35.5. The topological polar surface area (TPSA) is 26.3 Å². The van der Waals surface area contributed by atoms with E-state index in [1.165, 1.54) is 0 Å². The lowest BCUT2D eigenvalue weighted by Crippen LogP contribution is -1.92. The number of halogens is 1. The molecule has 0 aromatic heterocycles. The van der Waals surface area contributed by atoms with Crippen molar-refractivity contribution in [1.82, 2.24) is 0 Å². The predicted molar refractivity (Wildman–Crippen MR) is 47.8 cm³/mol. The Bertz CT molecular complexity index is 284. The summed E-state index contributed by atoms with van der Waals surface area (Å²) in [6.07, 6.45) is 1.20. The van der Waals surface area contributed by atoms with Gasteiger partial charge in [-0.2, -0.15) is 0 Å². The second-order valence-corrected chi connectivity index (χ2v) is 2.76. The van der Waals surface area contributed by atoms with Crippen LogP contribution in [-0.4, -0.2) is 13.4 Å². The molecule has 0 spiro atoms. The van der Waals surface area contributed by atoms with Crippen molar-refractivity contribution in [2.45, 2.75) is 6.42 Å². The molecule has 1 aromatic rings. The molecule has 0 unspecified atom stereocenters. The van der Waals surface area contributed by atoms with E-state index in [0.717, 1.165) is 11.8 Å². The molecular formula is C9H9ClO2. The number of rotatable bonds is 3. The number of aldehydes is 1. The maximum Gasteiger partial charge on any atom is 0.124 e. The van der Waals surface area contributed by atoms with Gasteiger partial charge in [0.15, 0.2) is 0 Å². The lowest BCUT2D eigenvalue weighted by Gasteiger charge is -2.05. The molecule has 0 saturated carbocycles. The van der Waals surface area contributed by atoms with Crippen molar-refractivity contribution >= 4 is 17.9 Å². The smallest absolute Gasteiger partial charge is 0.124 e. The zero-order valence-electron chi connectivity index (χ0n) is 6.71. The average Bonchev–Trinajstić information content (AvgIpc) is 2.08. The van der Waals surface area contributed by atoms with Gasteiger partial charge in [0.1, 0.15) is 12.0 Å². The van der Waals surface area contributed by atoms with Gasteiger partial charge in [0.25, 0.3) is 0 Å². The Morgan fingerprint density at radius 1 is 1.58 bits per heavy atom. The van der Waals surface area contributed by atoms with Crippen LogP contribution in [0.3, 0.4) is 0 Å². The number of methoxy groups -OCH3 is 1. The standard InChI is InChI=1S/C9H9ClO2/c1-12-9-6-8(10)3-2-7(9)4-5-11/h2-3,5-6H,4H2,1H3. The van der Waals surface area contributed by atoms with Crippen LogP contribution in [0, 0.1) is 0 Å². The summed E-state index contributed by atoms with van der Waals surface area (Å²) in [5.41, 5.74) is 0.858. The maximum atomic E-state index is 10.2. The van der Waals surface area contributed by atoms with Gasteiger partial charge in [-0.15, -0.1) is 0 Å². The molecule has 0 aliphatic rings. The fraction of sp³-hybridized carbons (Fsp3) is 0.222. The summed E-state index contributed by atoms with van der Waals surface area (Å²) < 4.78 is 5.04. The van der Waals surface area contributed by atoms with Gasteiger partial charge >= 0.3 is 0 Å². The Labute approximate surface area is 76.1 Å². The second kappa shape index (κ2) is 4.12. The molecule has 64 valence electrons. The molecule has 0 heterocycles. The van der Waals surface area contributed by atoms with Gasteiger partial charge in [0.05, 0.1) is 7.11 Å². The number of hydrogen-bond donors (Lipinski definition) is 0. The summed E-state index contributed by atoms with van der Waals surface area (Å²) in [6, 6.07) is 5.22. The van der Waals surface area contributed by atoms with E-state index in [2.05, 4.69) is 0 Å². The zero-order valence-corrected chi connectivity index (χ0v) is 7.47. The van der Waals surface area contributed by atoms with Crippen molar-refractivity contribution in [3.63, 3.8) is 0 Å². The number of carbonyl (C=O) groups excluding carboxylic acids is 1. The third-order valence-electron chi connectivity index (χ3n) is 1.55. The second-order valence-electron chi connectivity index (χ2n) is 2.33. The largest absolute Gasteiger partial charge is 0.496 e. The normalized spacial score (nSPS) is 9.50. The van der Waals surface area contributed by atoms with E-state index in [0.29, 0.717) is 17.2 Å². The monoisotopic (exact) mass is 184 g/mol. The summed E-state index contributed by atoms with van der Waals surface area (Å²) >= 11 is 5.73. The van der Waals surface area contributed by atoms with Crippen LogP contribution in [0.4, 0.5) is 0 Å². The van der Waals surface area contributed by atoms with Gasteiger partial charge in [0.2, 0.25) is 0 Å². The highest BCUT2D eigenvalue weighted by Gasteiger charge is 2.01. The SMILES string of the molecule is COc1cc(Cl)ccc1CC=O. The number of hydrogen-bond acceptors (Lipinski definition) is 2. The van der Waals surface area contributed by atoms with E-state index < -0.39 is 0 Å². The molecule has 0 aliphatic heterocycles. The van der Waals surface area contributed by atoms with E-state index in [1.54, 1.807) is 25.3 Å². The minimum Gasteiger partial charge on any atom is -0.496 e. The molecule has 0 N–H and O–H groups in total. The number of ether oxygens (including phenoxy) is 1. The molecular weight excluding hydrogens is 176 g/mol. The highest BCUT2D eigenvalue weighted by Crippen LogP contribution is 2.22. The Morgan fingerprint density at radius 3 is 2.92 bits per heavy atom. The van der Waals surface area contributed by atoms with Crippen LogP contribution in [-0.2, 0) is 11.2 Å². The van der Waals surface area contributed by atoms with Crippen molar-refractivity contribution < 1.29 is 9.53 Å². The van der Waals surface area contributed by atoms with Crippen molar-refractivity contribution in [3.8, 4) is 5.75 Å². The third kappa shape index (κ3) is 1.98. The summed E-state index contributed by atoms with van der Waals surface area (Å²) in [7, 11) is 1.56. The highest BCUT2D eigenvalue weighted by molar-refractivity contribution is 6.30. The minimum absolute atomic E-state index is 0.361. The summed E-state index contributed by atoms with van der Waals surface area (Å²) in [4.78, 5) is 10.2. The fourth-order valence-electron chi connectivity index (χ4n) is 0.977. The van der Waals surface area contributed by atoms with Gasteiger partial charge in [-0.05, 0) is 12.1 Å². The van der Waals surface area contributed by atoms with Gasteiger partial charge in [-0.1, -0.05) is 17.7 Å². The van der Waals surface area contributed by atoms with E-state index in [1.807, 2.05) is 0 Å². The van der Waals surface area contributed by atoms with Gasteiger partial charge < -0.3 is 9.53 Å². The third-order valence-corrected chi connectivity index (χ3v) is 1.79. The zero-order chi connectivity index (χ0) is 8.97. The Hall–Kier alpha value is -1.02. The van der Waals surface area contributed by atoms with Crippen LogP contribution in [0.25, 0.3) is 0 Å². The molecule has 0 aliphatic carbocycles. The summed E-state index contributed by atoms with van der Waals surface area (Å²) in [5, 5.41) is 0.612. The van der Waals surface area contributed by atoms with Crippen molar-refractivity contribution in [2.24, 2.45) is 0 Å². The molecule has 0 saturated heterocycles. The fourth-order valence-corrected chi connectivity index (χ4v) is 1.14. The van der Waals surface area contributed by atoms with Crippen LogP contribution < -0.4 is 4.74 Å². The van der Waals surface area contributed by atoms with Crippen LogP contribution in [0.15, 0.2) is 18.2 Å². The van der Waals surface area contributed by atoms with E-state index in [-0.39, 0.29) is 0 Å². The van der Waals surface area contributed by atoms with E-state index >= 15 is 0 Å². The summed E-state index contributed by atoms with van der Waals surface area (Å²) in [5.74, 6) is 0.662. The molecule has 0 radical (unpaired) electrons. The quantitative estimate of drug-likeness (QED) is 0.673. The predicted octanol–water partition coefficient (Wildman–Crippen LogP) is 2.09.